The van der Waals surface area contributed by atoms with Gasteiger partial charge in [0.25, 0.3) is 0 Å². The molecule has 0 bridgehead atoms. The summed E-state index contributed by atoms with van der Waals surface area (Å²) in [5, 5.41) is 6.53. The number of ether oxygens (including phenoxy) is 1. The molecule has 0 radical (unpaired) electrons. The van der Waals surface area contributed by atoms with Crippen molar-refractivity contribution in [3.8, 4) is 0 Å². The smallest absolute Gasteiger partial charge is 0.341 e. The van der Waals surface area contributed by atoms with E-state index in [2.05, 4.69) is 10.6 Å². The predicted octanol–water partition coefficient (Wildman–Crippen LogP) is 2.21. The molecule has 1 amide bonds. The Morgan fingerprint density at radius 3 is 2.71 bits per heavy atom. The van der Waals surface area contributed by atoms with Crippen LogP contribution in [0.5, 0.6) is 0 Å². The maximum Gasteiger partial charge on any atom is 0.341 e. The third kappa shape index (κ3) is 3.44. The molecule has 2 N–H and O–H groups in total. The zero-order valence-corrected chi connectivity index (χ0v) is 13.6. The number of carbonyl (C=O) groups excluding carboxylic acids is 2. The van der Waals surface area contributed by atoms with Crippen LogP contribution in [0.4, 0.5) is 5.00 Å². The number of hydrogen-bond acceptors (Lipinski definition) is 5. The molecule has 6 heteroatoms. The van der Waals surface area contributed by atoms with Crippen molar-refractivity contribution in [2.75, 3.05) is 26.0 Å². The molecule has 2 rings (SSSR count). The van der Waals surface area contributed by atoms with Crippen molar-refractivity contribution in [2.45, 2.75) is 32.6 Å². The van der Waals surface area contributed by atoms with E-state index in [9.17, 15) is 9.59 Å². The van der Waals surface area contributed by atoms with Gasteiger partial charge in [-0.2, -0.15) is 0 Å². The second-order valence-electron chi connectivity index (χ2n) is 5.35. The van der Waals surface area contributed by atoms with E-state index in [-0.39, 0.29) is 17.8 Å². The number of fused-ring (bicyclic) bond motifs is 1. The molecule has 0 fully saturated rings. The fraction of sp³-hybridized carbons (Fsp3) is 0.600. The Labute approximate surface area is 129 Å². The lowest BCUT2D eigenvalue weighted by Crippen LogP contribution is -2.28. The van der Waals surface area contributed by atoms with Gasteiger partial charge in [0.1, 0.15) is 5.00 Å². The maximum atomic E-state index is 12.2. The van der Waals surface area contributed by atoms with Gasteiger partial charge in [-0.3, -0.25) is 4.79 Å². The van der Waals surface area contributed by atoms with Gasteiger partial charge >= 0.3 is 5.97 Å². The van der Waals surface area contributed by atoms with Gasteiger partial charge in [-0.05, 0) is 38.3 Å². The van der Waals surface area contributed by atoms with Gasteiger partial charge in [-0.1, -0.05) is 6.92 Å². The number of nitrogens with one attached hydrogen (secondary N) is 2. The highest BCUT2D eigenvalue weighted by molar-refractivity contribution is 7.17. The van der Waals surface area contributed by atoms with Crippen LogP contribution in [0.3, 0.4) is 0 Å². The summed E-state index contributed by atoms with van der Waals surface area (Å²) in [7, 11) is 3.19. The first-order valence-electron chi connectivity index (χ1n) is 7.26. The van der Waals surface area contributed by atoms with E-state index in [4.69, 9.17) is 4.74 Å². The Bertz CT molecular complexity index is 539. The Morgan fingerprint density at radius 2 is 2.05 bits per heavy atom. The van der Waals surface area contributed by atoms with Crippen molar-refractivity contribution in [1.82, 2.24) is 5.32 Å². The van der Waals surface area contributed by atoms with Crippen LogP contribution in [0.1, 0.15) is 40.6 Å². The van der Waals surface area contributed by atoms with Crippen molar-refractivity contribution in [3.63, 3.8) is 0 Å². The summed E-state index contributed by atoms with van der Waals surface area (Å²) >= 11 is 1.52. The first kappa shape index (κ1) is 16.0. The van der Waals surface area contributed by atoms with Gasteiger partial charge in [0.2, 0.25) is 5.91 Å². The third-order valence-electron chi connectivity index (χ3n) is 3.76. The number of hydrogen-bond donors (Lipinski definition) is 2. The third-order valence-corrected chi connectivity index (χ3v) is 4.96. The lowest BCUT2D eigenvalue weighted by Gasteiger charge is -2.13. The summed E-state index contributed by atoms with van der Waals surface area (Å²) in [6, 6.07) is 0. The molecule has 0 saturated carbocycles. The minimum Gasteiger partial charge on any atom is -0.465 e. The molecule has 1 atom stereocenters. The number of aryl methyl sites for hydroxylation is 1. The van der Waals surface area contributed by atoms with Crippen LogP contribution in [0.25, 0.3) is 0 Å². The number of esters is 1. The Balaban J connectivity index is 2.28. The average molecular weight is 310 g/mol. The zero-order valence-electron chi connectivity index (χ0n) is 12.7. The SMILES string of the molecule is CNCC(C)C(=O)Nc1sc2c(c1C(=O)OC)CCCC2. The van der Waals surface area contributed by atoms with Gasteiger partial charge in [0.05, 0.1) is 12.7 Å². The van der Waals surface area contributed by atoms with Crippen LogP contribution in [-0.4, -0.2) is 32.6 Å². The highest BCUT2D eigenvalue weighted by atomic mass is 32.1. The first-order chi connectivity index (χ1) is 10.1. The van der Waals surface area contributed by atoms with E-state index in [1.54, 1.807) is 0 Å². The lowest BCUT2D eigenvalue weighted by atomic mass is 9.95. The molecule has 0 spiro atoms. The van der Waals surface area contributed by atoms with E-state index >= 15 is 0 Å². The van der Waals surface area contributed by atoms with Crippen LogP contribution in [-0.2, 0) is 22.4 Å². The van der Waals surface area contributed by atoms with Gasteiger partial charge in [-0.15, -0.1) is 11.3 Å². The highest BCUT2D eigenvalue weighted by Gasteiger charge is 2.27. The van der Waals surface area contributed by atoms with Crippen LogP contribution in [0, 0.1) is 5.92 Å². The lowest BCUT2D eigenvalue weighted by molar-refractivity contribution is -0.119. The molecule has 1 aromatic heterocycles. The quantitative estimate of drug-likeness (QED) is 0.818. The van der Waals surface area contributed by atoms with E-state index in [1.165, 1.54) is 23.3 Å². The van der Waals surface area contributed by atoms with Gasteiger partial charge in [-0.25, -0.2) is 4.79 Å². The molecule has 0 saturated heterocycles. The second-order valence-corrected chi connectivity index (χ2v) is 6.46. The van der Waals surface area contributed by atoms with E-state index < -0.39 is 0 Å². The molecule has 1 unspecified atom stereocenters. The van der Waals surface area contributed by atoms with E-state index in [0.29, 0.717) is 17.1 Å². The number of anilines is 1. The Hall–Kier alpha value is -1.40. The molecule has 1 heterocycles. The molecule has 0 aliphatic heterocycles. The molecule has 5 nitrogen and oxygen atoms in total. The van der Waals surface area contributed by atoms with Crippen LogP contribution < -0.4 is 10.6 Å². The summed E-state index contributed by atoms with van der Waals surface area (Å²) < 4.78 is 4.89. The molecule has 0 aromatic carbocycles. The van der Waals surface area contributed by atoms with Crippen LogP contribution >= 0.6 is 11.3 Å². The van der Waals surface area contributed by atoms with Crippen LogP contribution in [0.2, 0.25) is 0 Å². The molecule has 1 aliphatic carbocycles. The van der Waals surface area contributed by atoms with Crippen molar-refractivity contribution in [3.05, 3.63) is 16.0 Å². The van der Waals surface area contributed by atoms with Crippen molar-refractivity contribution >= 4 is 28.2 Å². The first-order valence-corrected chi connectivity index (χ1v) is 8.08. The molecular weight excluding hydrogens is 288 g/mol. The minimum atomic E-state index is -0.356. The molecule has 21 heavy (non-hydrogen) atoms. The fourth-order valence-corrected chi connectivity index (χ4v) is 3.89. The Morgan fingerprint density at radius 1 is 1.33 bits per heavy atom. The number of thiophene rings is 1. The second kappa shape index (κ2) is 7.04. The van der Waals surface area contributed by atoms with Crippen molar-refractivity contribution in [1.29, 1.82) is 0 Å². The molecule has 1 aromatic rings. The average Bonchev–Trinajstić information content (AvgIpc) is 2.84. The molecular formula is C15H22N2O3S. The maximum absolute atomic E-state index is 12.2. The van der Waals surface area contributed by atoms with Gasteiger partial charge < -0.3 is 15.4 Å². The van der Waals surface area contributed by atoms with Crippen LogP contribution in [0.15, 0.2) is 0 Å². The Kier molecular flexibility index (Phi) is 5.36. The van der Waals surface area contributed by atoms with Gasteiger partial charge in [0, 0.05) is 17.3 Å². The number of methoxy groups -OCH3 is 1. The fourth-order valence-electron chi connectivity index (χ4n) is 2.61. The van der Waals surface area contributed by atoms with Crippen molar-refractivity contribution in [2.24, 2.45) is 5.92 Å². The monoisotopic (exact) mass is 310 g/mol. The van der Waals surface area contributed by atoms with Crippen molar-refractivity contribution < 1.29 is 14.3 Å². The standard InChI is InChI=1S/C15H22N2O3S/c1-9(8-16-2)13(18)17-14-12(15(19)20-3)10-6-4-5-7-11(10)21-14/h9,16H,4-8H2,1-3H3,(H,17,18). The summed E-state index contributed by atoms with van der Waals surface area (Å²) in [4.78, 5) is 25.5. The number of amides is 1. The van der Waals surface area contributed by atoms with E-state index in [0.717, 1.165) is 31.2 Å². The largest absolute Gasteiger partial charge is 0.465 e. The van der Waals surface area contributed by atoms with Gasteiger partial charge in [0.15, 0.2) is 0 Å². The molecule has 1 aliphatic rings. The normalized spacial score (nSPS) is 15.2. The molecule has 116 valence electrons. The van der Waals surface area contributed by atoms with E-state index in [1.807, 2.05) is 14.0 Å². The summed E-state index contributed by atoms with van der Waals surface area (Å²) in [5.74, 6) is -0.585. The zero-order chi connectivity index (χ0) is 15.4. The predicted molar refractivity (Wildman–Crippen MR) is 84.0 cm³/mol. The minimum absolute atomic E-state index is 0.0758. The summed E-state index contributed by atoms with van der Waals surface area (Å²) in [6.07, 6.45) is 4.08. The summed E-state index contributed by atoms with van der Waals surface area (Å²) in [5.41, 5.74) is 1.62. The number of rotatable bonds is 5. The number of carbonyl (C=O) groups is 2. The topological polar surface area (TPSA) is 67.4 Å². The highest BCUT2D eigenvalue weighted by Crippen LogP contribution is 2.38. The summed E-state index contributed by atoms with van der Waals surface area (Å²) in [6.45, 7) is 2.46.